The number of ether oxygens (including phenoxy) is 2. The second kappa shape index (κ2) is 9.72. The van der Waals surface area contributed by atoms with Crippen molar-refractivity contribution in [2.45, 2.75) is 13.0 Å². The molecule has 4 nitrogen and oxygen atoms in total. The second-order valence-corrected chi connectivity index (χ2v) is 4.24. The first kappa shape index (κ1) is 15.9. The third-order valence-electron chi connectivity index (χ3n) is 2.73. The Bertz CT molecular complexity index is 361. The third kappa shape index (κ3) is 6.52. The summed E-state index contributed by atoms with van der Waals surface area (Å²) in [5.41, 5.74) is 1.02. The largest absolute Gasteiger partial charge is 0.494 e. The molecule has 0 unspecified atom stereocenters. The van der Waals surface area contributed by atoms with Crippen LogP contribution in [0.15, 0.2) is 18.2 Å². The zero-order valence-corrected chi connectivity index (χ0v) is 11.7. The fourth-order valence-corrected chi connectivity index (χ4v) is 1.68. The summed E-state index contributed by atoms with van der Waals surface area (Å²) in [6, 6.07) is 4.92. The van der Waals surface area contributed by atoms with Crippen molar-refractivity contribution in [1.82, 2.24) is 10.6 Å². The molecule has 0 atom stereocenters. The zero-order chi connectivity index (χ0) is 13.9. The van der Waals surface area contributed by atoms with Gasteiger partial charge >= 0.3 is 0 Å². The van der Waals surface area contributed by atoms with Crippen molar-refractivity contribution >= 4 is 0 Å². The van der Waals surface area contributed by atoms with Gasteiger partial charge in [-0.1, -0.05) is 6.07 Å². The van der Waals surface area contributed by atoms with E-state index in [0.717, 1.165) is 38.2 Å². The van der Waals surface area contributed by atoms with Crippen molar-refractivity contribution in [2.75, 3.05) is 40.5 Å². The molecule has 2 N–H and O–H groups in total. The van der Waals surface area contributed by atoms with Crippen molar-refractivity contribution < 1.29 is 13.9 Å². The highest BCUT2D eigenvalue weighted by Crippen LogP contribution is 2.17. The van der Waals surface area contributed by atoms with Crippen molar-refractivity contribution in [1.29, 1.82) is 0 Å². The molecule has 0 aliphatic rings. The van der Waals surface area contributed by atoms with Gasteiger partial charge in [0.15, 0.2) is 11.6 Å². The van der Waals surface area contributed by atoms with E-state index in [9.17, 15) is 4.39 Å². The minimum absolute atomic E-state index is 0.292. The van der Waals surface area contributed by atoms with E-state index in [0.29, 0.717) is 12.3 Å². The fourth-order valence-electron chi connectivity index (χ4n) is 1.68. The monoisotopic (exact) mass is 270 g/mol. The van der Waals surface area contributed by atoms with Crippen molar-refractivity contribution in [3.63, 3.8) is 0 Å². The Kier molecular flexibility index (Phi) is 8.13. The Morgan fingerprint density at radius 2 is 1.89 bits per heavy atom. The van der Waals surface area contributed by atoms with E-state index < -0.39 is 0 Å². The Hall–Kier alpha value is -1.17. The van der Waals surface area contributed by atoms with Crippen LogP contribution < -0.4 is 15.4 Å². The second-order valence-electron chi connectivity index (χ2n) is 4.24. The Balaban J connectivity index is 2.12. The molecule has 0 saturated heterocycles. The van der Waals surface area contributed by atoms with E-state index in [1.54, 1.807) is 19.2 Å². The molecule has 0 spiro atoms. The van der Waals surface area contributed by atoms with Gasteiger partial charge in [0, 0.05) is 20.2 Å². The molecule has 0 saturated carbocycles. The lowest BCUT2D eigenvalue weighted by atomic mass is 10.2. The summed E-state index contributed by atoms with van der Waals surface area (Å²) in [6.45, 7) is 4.21. The molecule has 0 fully saturated rings. The number of methoxy groups -OCH3 is 2. The molecule has 19 heavy (non-hydrogen) atoms. The number of nitrogens with one attached hydrogen (secondary N) is 2. The molecule has 1 aromatic rings. The van der Waals surface area contributed by atoms with Crippen LogP contribution in [0.1, 0.15) is 12.0 Å². The van der Waals surface area contributed by atoms with Gasteiger partial charge in [0.2, 0.25) is 0 Å². The van der Waals surface area contributed by atoms with Crippen LogP contribution in [0, 0.1) is 5.82 Å². The zero-order valence-electron chi connectivity index (χ0n) is 11.7. The molecule has 0 aromatic heterocycles. The number of hydrogen-bond acceptors (Lipinski definition) is 4. The van der Waals surface area contributed by atoms with E-state index in [1.807, 2.05) is 0 Å². The highest BCUT2D eigenvalue weighted by molar-refractivity contribution is 5.30. The lowest BCUT2D eigenvalue weighted by molar-refractivity contribution is 0.199. The molecule has 1 aromatic carbocycles. The summed E-state index contributed by atoms with van der Waals surface area (Å²) in [6.07, 6.45) is 1.04. The van der Waals surface area contributed by atoms with Crippen LogP contribution in [-0.2, 0) is 11.3 Å². The number of hydrogen-bond donors (Lipinski definition) is 2. The molecule has 0 amide bonds. The lowest BCUT2D eigenvalue weighted by Crippen LogP contribution is -2.24. The molecule has 5 heteroatoms. The van der Waals surface area contributed by atoms with Gasteiger partial charge in [-0.3, -0.25) is 0 Å². The number of halogens is 1. The van der Waals surface area contributed by atoms with Crippen molar-refractivity contribution in [3.05, 3.63) is 29.6 Å². The predicted molar refractivity (Wildman–Crippen MR) is 74.0 cm³/mol. The topological polar surface area (TPSA) is 42.5 Å². The van der Waals surface area contributed by atoms with Crippen LogP contribution in [-0.4, -0.2) is 40.5 Å². The molecule has 108 valence electrons. The Morgan fingerprint density at radius 3 is 2.63 bits per heavy atom. The Labute approximate surface area is 114 Å². The van der Waals surface area contributed by atoms with Crippen LogP contribution >= 0.6 is 0 Å². The van der Waals surface area contributed by atoms with Crippen LogP contribution in [0.4, 0.5) is 4.39 Å². The van der Waals surface area contributed by atoms with E-state index in [2.05, 4.69) is 10.6 Å². The Morgan fingerprint density at radius 1 is 1.11 bits per heavy atom. The highest BCUT2D eigenvalue weighted by Gasteiger charge is 2.02. The summed E-state index contributed by atoms with van der Waals surface area (Å²) in [5, 5.41) is 6.59. The van der Waals surface area contributed by atoms with Gasteiger partial charge in [-0.15, -0.1) is 0 Å². The van der Waals surface area contributed by atoms with Gasteiger partial charge in [0.1, 0.15) is 0 Å². The molecule has 0 heterocycles. The predicted octanol–water partition coefficient (Wildman–Crippen LogP) is 1.55. The van der Waals surface area contributed by atoms with Crippen molar-refractivity contribution in [2.24, 2.45) is 0 Å². The molecule has 1 rings (SSSR count). The average molecular weight is 270 g/mol. The first-order valence-electron chi connectivity index (χ1n) is 6.50. The minimum Gasteiger partial charge on any atom is -0.494 e. The molecule has 0 aliphatic heterocycles. The maximum Gasteiger partial charge on any atom is 0.165 e. The first-order valence-corrected chi connectivity index (χ1v) is 6.50. The molecular weight excluding hydrogens is 247 g/mol. The van der Waals surface area contributed by atoms with Crippen LogP contribution in [0.5, 0.6) is 5.75 Å². The van der Waals surface area contributed by atoms with Crippen LogP contribution in [0.25, 0.3) is 0 Å². The fraction of sp³-hybridized carbons (Fsp3) is 0.571. The van der Waals surface area contributed by atoms with Crippen LogP contribution in [0.3, 0.4) is 0 Å². The molecular formula is C14H23FN2O2. The summed E-state index contributed by atoms with van der Waals surface area (Å²) in [4.78, 5) is 0. The van der Waals surface area contributed by atoms with Gasteiger partial charge in [-0.05, 0) is 37.2 Å². The SMILES string of the molecule is COCCNCCCNCc1ccc(F)c(OC)c1. The quantitative estimate of drug-likeness (QED) is 0.633. The third-order valence-corrected chi connectivity index (χ3v) is 2.73. The first-order chi connectivity index (χ1) is 9.27. The van der Waals surface area contributed by atoms with Gasteiger partial charge in [-0.2, -0.15) is 0 Å². The maximum atomic E-state index is 13.2. The standard InChI is InChI=1S/C14H23FN2O2/c1-18-9-8-16-6-3-7-17-11-12-4-5-13(15)14(10-12)19-2/h4-5,10,16-17H,3,6-9,11H2,1-2H3. The maximum absolute atomic E-state index is 13.2. The van der Waals surface area contributed by atoms with E-state index in [4.69, 9.17) is 9.47 Å². The lowest BCUT2D eigenvalue weighted by Gasteiger charge is -2.08. The summed E-state index contributed by atoms with van der Waals surface area (Å²) in [7, 11) is 3.17. The van der Waals surface area contributed by atoms with E-state index >= 15 is 0 Å². The van der Waals surface area contributed by atoms with Gasteiger partial charge in [-0.25, -0.2) is 4.39 Å². The molecule has 0 radical (unpaired) electrons. The number of rotatable bonds is 10. The number of benzene rings is 1. The van der Waals surface area contributed by atoms with Crippen molar-refractivity contribution in [3.8, 4) is 5.75 Å². The van der Waals surface area contributed by atoms with E-state index in [-0.39, 0.29) is 5.82 Å². The minimum atomic E-state index is -0.325. The normalized spacial score (nSPS) is 10.7. The van der Waals surface area contributed by atoms with Crippen LogP contribution in [0.2, 0.25) is 0 Å². The van der Waals surface area contributed by atoms with Gasteiger partial charge in [0.05, 0.1) is 13.7 Å². The average Bonchev–Trinajstić information content (AvgIpc) is 2.43. The van der Waals surface area contributed by atoms with Gasteiger partial charge < -0.3 is 20.1 Å². The molecule has 0 aliphatic carbocycles. The summed E-state index contributed by atoms with van der Waals surface area (Å²) >= 11 is 0. The molecule has 0 bridgehead atoms. The highest BCUT2D eigenvalue weighted by atomic mass is 19.1. The summed E-state index contributed by atoms with van der Waals surface area (Å²) < 4.78 is 23.1. The van der Waals surface area contributed by atoms with E-state index in [1.165, 1.54) is 13.2 Å². The summed E-state index contributed by atoms with van der Waals surface area (Å²) in [5.74, 6) is -0.0332. The van der Waals surface area contributed by atoms with Gasteiger partial charge in [0.25, 0.3) is 0 Å². The smallest absolute Gasteiger partial charge is 0.165 e.